The van der Waals surface area contributed by atoms with Crippen LogP contribution >= 0.6 is 0 Å². The summed E-state index contributed by atoms with van der Waals surface area (Å²) < 4.78 is 6.83. The highest BCUT2D eigenvalue weighted by atomic mass is 15.2. The standard InChI is InChI=1S/C58H43N5/c1-58(2,3)39-33-34-59-56(35-39)63-53-29-14-12-26-49(53)50-32-31-43(37-55(50)63)62(40-17-5-4-6-18-40)42-20-15-19-41(36-42)60-38-61-52-28-13-11-25-48(52)46-23-9-7-21-44(46)45-22-8-10-24-47(45)51-27-16-30-54(60)57(51)61/h4-37H,1-3H3. The van der Waals surface area contributed by atoms with Crippen LogP contribution < -0.4 is 9.47 Å². The van der Waals surface area contributed by atoms with Gasteiger partial charge in [-0.25, -0.2) is 4.98 Å². The van der Waals surface area contributed by atoms with Crippen LogP contribution in [0.1, 0.15) is 26.3 Å². The summed E-state index contributed by atoms with van der Waals surface area (Å²) in [5.41, 5.74) is 18.0. The van der Waals surface area contributed by atoms with Crippen LogP contribution in [0.4, 0.5) is 17.1 Å². The third-order valence-electron chi connectivity index (χ3n) is 12.7. The molecule has 0 amide bonds. The summed E-state index contributed by atoms with van der Waals surface area (Å²) in [4.78, 5) is 7.33. The van der Waals surface area contributed by atoms with Crippen LogP contribution in [0.25, 0.3) is 83.4 Å². The van der Waals surface area contributed by atoms with Gasteiger partial charge in [-0.15, -0.1) is 0 Å². The van der Waals surface area contributed by atoms with Gasteiger partial charge in [0.15, 0.2) is 0 Å². The molecule has 0 atom stereocenters. The molecule has 1 aliphatic heterocycles. The lowest BCUT2D eigenvalue weighted by Gasteiger charge is -2.26. The maximum atomic E-state index is 4.97. The van der Waals surface area contributed by atoms with Gasteiger partial charge < -0.3 is 4.90 Å². The maximum Gasteiger partial charge on any atom is 0.269 e. The number of hydrogen-bond acceptors (Lipinski definition) is 2. The Labute approximate surface area is 367 Å². The first kappa shape index (κ1) is 36.8. The Hall–Kier alpha value is -8.02. The Bertz CT molecular complexity index is 3570. The van der Waals surface area contributed by atoms with E-state index in [1.807, 2.05) is 6.20 Å². The summed E-state index contributed by atoms with van der Waals surface area (Å²) in [5, 5.41) is 2.38. The van der Waals surface area contributed by atoms with E-state index in [1.54, 1.807) is 0 Å². The van der Waals surface area contributed by atoms with Crippen molar-refractivity contribution in [2.24, 2.45) is 0 Å². The van der Waals surface area contributed by atoms with Crippen molar-refractivity contribution in [1.82, 2.24) is 14.1 Å². The lowest BCUT2D eigenvalue weighted by atomic mass is 9.88. The minimum absolute atomic E-state index is 0.0190. The lowest BCUT2D eigenvalue weighted by molar-refractivity contribution is -0.571. The number of nitrogens with zero attached hydrogens (tertiary/aromatic N) is 5. The van der Waals surface area contributed by atoms with E-state index >= 15 is 0 Å². The van der Waals surface area contributed by atoms with Gasteiger partial charge in [0, 0.05) is 34.0 Å². The summed E-state index contributed by atoms with van der Waals surface area (Å²) >= 11 is 0. The summed E-state index contributed by atoms with van der Waals surface area (Å²) in [6.45, 7) is 6.76. The zero-order valence-electron chi connectivity index (χ0n) is 35.4. The average Bonchev–Trinajstić information content (AvgIpc) is 3.89. The first-order valence-electron chi connectivity index (χ1n) is 21.6. The molecule has 0 saturated carbocycles. The Kier molecular flexibility index (Phi) is 8.35. The van der Waals surface area contributed by atoms with E-state index in [-0.39, 0.29) is 5.41 Å². The van der Waals surface area contributed by atoms with Crippen molar-refractivity contribution in [2.75, 3.05) is 4.90 Å². The highest BCUT2D eigenvalue weighted by Gasteiger charge is 2.25. The first-order valence-corrected chi connectivity index (χ1v) is 21.6. The lowest BCUT2D eigenvalue weighted by Crippen LogP contribution is -2.30. The third kappa shape index (κ3) is 5.92. The molecule has 11 aromatic rings. The molecule has 3 aromatic heterocycles. The molecule has 0 bridgehead atoms. The summed E-state index contributed by atoms with van der Waals surface area (Å²) in [5.74, 6) is 0.911. The number of benzene rings is 8. The highest BCUT2D eigenvalue weighted by Crippen LogP contribution is 2.44. The van der Waals surface area contributed by atoms with Crippen LogP contribution in [0.3, 0.4) is 0 Å². The quantitative estimate of drug-likeness (QED) is 0.128. The van der Waals surface area contributed by atoms with Gasteiger partial charge in [-0.3, -0.25) is 13.7 Å². The monoisotopic (exact) mass is 809 g/mol. The van der Waals surface area contributed by atoms with Gasteiger partial charge in [-0.2, -0.15) is 0 Å². The fourth-order valence-electron chi connectivity index (χ4n) is 9.69. The number of imidazole rings is 1. The molecule has 0 unspecified atom stereocenters. The van der Waals surface area contributed by atoms with E-state index in [2.05, 4.69) is 246 Å². The second kappa shape index (κ2) is 14.3. The van der Waals surface area contributed by atoms with Crippen molar-refractivity contribution >= 4 is 49.9 Å². The number of rotatable bonds is 5. The van der Waals surface area contributed by atoms with E-state index in [4.69, 9.17) is 4.98 Å². The van der Waals surface area contributed by atoms with Crippen LogP contribution in [0.2, 0.25) is 0 Å². The topological polar surface area (TPSA) is 29.9 Å². The van der Waals surface area contributed by atoms with Crippen molar-refractivity contribution in [3.63, 3.8) is 0 Å². The van der Waals surface area contributed by atoms with E-state index in [0.717, 1.165) is 67.4 Å². The van der Waals surface area contributed by atoms with Crippen molar-refractivity contribution in [3.05, 3.63) is 218 Å². The molecule has 8 aromatic carbocycles. The van der Waals surface area contributed by atoms with E-state index < -0.39 is 0 Å². The van der Waals surface area contributed by atoms with Crippen molar-refractivity contribution in [1.29, 1.82) is 0 Å². The van der Waals surface area contributed by atoms with Gasteiger partial charge in [0.2, 0.25) is 0 Å². The number of anilines is 3. The largest absolute Gasteiger partial charge is 0.311 e. The molecule has 300 valence electrons. The summed E-state index contributed by atoms with van der Waals surface area (Å²) in [6.07, 6.45) is 5.83. The van der Waals surface area contributed by atoms with Crippen molar-refractivity contribution in [3.8, 4) is 50.6 Å². The van der Waals surface area contributed by atoms with Gasteiger partial charge in [0.25, 0.3) is 6.33 Å². The molecule has 1 aliphatic rings. The molecule has 0 saturated heterocycles. The molecule has 5 heteroatoms. The van der Waals surface area contributed by atoms with Gasteiger partial charge in [-0.1, -0.05) is 154 Å². The van der Waals surface area contributed by atoms with Crippen molar-refractivity contribution in [2.45, 2.75) is 26.2 Å². The molecule has 4 heterocycles. The SMILES string of the molecule is CC(C)(C)c1ccnc(-n2c3ccccc3c3ccc(N(c4ccccc4)c4cccc(-n5[c-][n+]6c7c(cccc75)-c5ccccc5-c5ccccc5-c5ccccc5-6)c4)cc32)c1. The number of pyridine rings is 1. The first-order chi connectivity index (χ1) is 30.9. The number of para-hydroxylation sites is 4. The van der Waals surface area contributed by atoms with E-state index in [1.165, 1.54) is 38.6 Å². The highest BCUT2D eigenvalue weighted by molar-refractivity contribution is 6.10. The van der Waals surface area contributed by atoms with Gasteiger partial charge in [-0.05, 0) is 111 Å². The second-order valence-corrected chi connectivity index (χ2v) is 17.4. The minimum atomic E-state index is -0.0190. The predicted molar refractivity (Wildman–Crippen MR) is 259 cm³/mol. The van der Waals surface area contributed by atoms with Gasteiger partial charge in [0.05, 0.1) is 33.4 Å². The average molecular weight is 810 g/mol. The fourth-order valence-corrected chi connectivity index (χ4v) is 9.69. The maximum absolute atomic E-state index is 4.97. The molecule has 5 nitrogen and oxygen atoms in total. The van der Waals surface area contributed by atoms with Crippen LogP contribution in [-0.4, -0.2) is 14.1 Å². The number of aromatic nitrogens is 4. The fraction of sp³-hybridized carbons (Fsp3) is 0.0690. The zero-order valence-corrected chi connectivity index (χ0v) is 35.4. The van der Waals surface area contributed by atoms with Crippen LogP contribution in [0, 0.1) is 6.33 Å². The summed E-state index contributed by atoms with van der Waals surface area (Å²) in [6, 6.07) is 72.3. The molecular weight excluding hydrogens is 767 g/mol. The van der Waals surface area contributed by atoms with Crippen LogP contribution in [0.5, 0.6) is 0 Å². The van der Waals surface area contributed by atoms with E-state index in [9.17, 15) is 0 Å². The third-order valence-corrected chi connectivity index (χ3v) is 12.7. The predicted octanol–water partition coefficient (Wildman–Crippen LogP) is 14.3. The second-order valence-electron chi connectivity index (χ2n) is 17.4. The molecular formula is C58H43N5. The Morgan fingerprint density at radius 2 is 1.06 bits per heavy atom. The van der Waals surface area contributed by atoms with Gasteiger partial charge >= 0.3 is 0 Å². The number of hydrogen-bond donors (Lipinski definition) is 0. The van der Waals surface area contributed by atoms with E-state index in [0.29, 0.717) is 0 Å². The minimum Gasteiger partial charge on any atom is -0.311 e. The van der Waals surface area contributed by atoms with Crippen molar-refractivity contribution < 1.29 is 4.57 Å². The zero-order chi connectivity index (χ0) is 42.2. The molecule has 0 aliphatic carbocycles. The molecule has 63 heavy (non-hydrogen) atoms. The smallest absolute Gasteiger partial charge is 0.269 e. The molecule has 0 fully saturated rings. The molecule has 0 spiro atoms. The Morgan fingerprint density at radius 3 is 1.84 bits per heavy atom. The molecule has 0 radical (unpaired) electrons. The Morgan fingerprint density at radius 1 is 0.476 bits per heavy atom. The normalized spacial score (nSPS) is 12.0. The Balaban J connectivity index is 1.07. The van der Waals surface area contributed by atoms with Crippen LogP contribution in [-0.2, 0) is 5.41 Å². The molecule has 0 N–H and O–H groups in total. The molecule has 12 rings (SSSR count). The number of fused-ring (bicyclic) bond motifs is 10. The van der Waals surface area contributed by atoms with Gasteiger partial charge in [0.1, 0.15) is 5.82 Å². The van der Waals surface area contributed by atoms with Crippen LogP contribution in [0.15, 0.2) is 206 Å². The summed E-state index contributed by atoms with van der Waals surface area (Å²) in [7, 11) is 0.